The van der Waals surface area contributed by atoms with Gasteiger partial charge in [0, 0.05) is 11.6 Å². The molecule has 152 valence electrons. The zero-order valence-corrected chi connectivity index (χ0v) is 17.1. The first-order valence-electron chi connectivity index (χ1n) is 9.86. The maximum absolute atomic E-state index is 12.9. The predicted molar refractivity (Wildman–Crippen MR) is 109 cm³/mol. The second-order valence-electron chi connectivity index (χ2n) is 7.34. The second-order valence-corrected chi connectivity index (χ2v) is 7.34. The van der Waals surface area contributed by atoms with Crippen molar-refractivity contribution in [1.82, 2.24) is 14.7 Å². The topological polar surface area (TPSA) is 68.6 Å². The van der Waals surface area contributed by atoms with E-state index in [1.807, 2.05) is 42.9 Å². The number of aryl methyl sites for hydroxylation is 1. The van der Waals surface area contributed by atoms with E-state index < -0.39 is 6.10 Å². The van der Waals surface area contributed by atoms with E-state index in [2.05, 4.69) is 22.4 Å². The molecule has 7 nitrogen and oxygen atoms in total. The lowest BCUT2D eigenvalue weighted by Crippen LogP contribution is -2.35. The molecule has 0 aliphatic carbocycles. The first kappa shape index (κ1) is 20.2. The normalized spacial score (nSPS) is 16.6. The quantitative estimate of drug-likeness (QED) is 0.791. The molecule has 1 aliphatic rings. The number of methoxy groups -OCH3 is 1. The summed E-state index contributed by atoms with van der Waals surface area (Å²) in [6, 6.07) is 7.60. The Morgan fingerprint density at radius 1 is 1.32 bits per heavy atom. The smallest absolute Gasteiger partial charge is 0.266 e. The Morgan fingerprint density at radius 3 is 2.71 bits per heavy atom. The van der Waals surface area contributed by atoms with Gasteiger partial charge in [-0.2, -0.15) is 5.10 Å². The minimum absolute atomic E-state index is 0.164. The predicted octanol–water partition coefficient (Wildman–Crippen LogP) is 3.26. The highest BCUT2D eigenvalue weighted by Crippen LogP contribution is 2.27. The molecular weight excluding hydrogens is 356 g/mol. The largest absolute Gasteiger partial charge is 0.497 e. The van der Waals surface area contributed by atoms with Crippen LogP contribution in [-0.4, -0.2) is 53.9 Å². The van der Waals surface area contributed by atoms with Crippen molar-refractivity contribution in [1.29, 1.82) is 0 Å². The summed E-state index contributed by atoms with van der Waals surface area (Å²) >= 11 is 0. The van der Waals surface area contributed by atoms with Gasteiger partial charge in [-0.1, -0.05) is 13.0 Å². The summed E-state index contributed by atoms with van der Waals surface area (Å²) in [5, 5.41) is 7.59. The molecule has 28 heavy (non-hydrogen) atoms. The second kappa shape index (κ2) is 9.10. The minimum Gasteiger partial charge on any atom is -0.497 e. The van der Waals surface area contributed by atoms with Gasteiger partial charge in [0.1, 0.15) is 17.3 Å². The molecule has 1 amide bonds. The molecule has 3 rings (SSSR count). The van der Waals surface area contributed by atoms with Gasteiger partial charge in [-0.15, -0.1) is 0 Å². The number of amides is 1. The van der Waals surface area contributed by atoms with E-state index in [0.717, 1.165) is 37.3 Å². The summed E-state index contributed by atoms with van der Waals surface area (Å²) in [5.74, 6) is 1.92. The first-order chi connectivity index (χ1) is 13.5. The van der Waals surface area contributed by atoms with E-state index in [0.29, 0.717) is 24.0 Å². The highest BCUT2D eigenvalue weighted by Gasteiger charge is 2.25. The van der Waals surface area contributed by atoms with Crippen molar-refractivity contribution in [3.63, 3.8) is 0 Å². The highest BCUT2D eigenvalue weighted by atomic mass is 16.5. The number of hydrogen-bond donors (Lipinski definition) is 1. The van der Waals surface area contributed by atoms with E-state index in [4.69, 9.17) is 9.47 Å². The average Bonchev–Trinajstić information content (AvgIpc) is 3.07. The number of benzene rings is 1. The Morgan fingerprint density at radius 2 is 2.04 bits per heavy atom. The number of nitrogens with zero attached hydrogens (tertiary/aromatic N) is 3. The summed E-state index contributed by atoms with van der Waals surface area (Å²) in [5.41, 5.74) is 0.962. The minimum atomic E-state index is -0.590. The monoisotopic (exact) mass is 386 g/mol. The maximum Gasteiger partial charge on any atom is 0.266 e. The van der Waals surface area contributed by atoms with Crippen LogP contribution in [0.25, 0.3) is 0 Å². The van der Waals surface area contributed by atoms with E-state index >= 15 is 0 Å². The van der Waals surface area contributed by atoms with Crippen LogP contribution in [-0.2, 0) is 4.79 Å². The molecule has 1 saturated heterocycles. The summed E-state index contributed by atoms with van der Waals surface area (Å²) in [7, 11) is 3.74. The summed E-state index contributed by atoms with van der Waals surface area (Å²) in [6.07, 6.45) is 3.84. The molecule has 0 saturated carbocycles. The molecule has 0 spiro atoms. The number of carbonyl (C=O) groups excluding carboxylic acids is 1. The molecule has 0 radical (unpaired) electrons. The summed E-state index contributed by atoms with van der Waals surface area (Å²) < 4.78 is 13.1. The number of carbonyl (C=O) groups is 1. The van der Waals surface area contributed by atoms with Crippen LogP contribution in [0.15, 0.2) is 30.5 Å². The fourth-order valence-corrected chi connectivity index (χ4v) is 3.48. The van der Waals surface area contributed by atoms with Crippen molar-refractivity contribution in [2.75, 3.05) is 32.6 Å². The maximum atomic E-state index is 12.9. The van der Waals surface area contributed by atoms with Crippen molar-refractivity contribution in [2.45, 2.75) is 45.3 Å². The number of likely N-dealkylation sites (tertiary alicyclic amines) is 1. The first-order valence-corrected chi connectivity index (χ1v) is 9.86. The van der Waals surface area contributed by atoms with Crippen LogP contribution in [0.2, 0.25) is 0 Å². The third-order valence-electron chi connectivity index (χ3n) is 5.24. The van der Waals surface area contributed by atoms with Gasteiger partial charge in [0.2, 0.25) is 0 Å². The van der Waals surface area contributed by atoms with Crippen LogP contribution >= 0.6 is 0 Å². The Labute approximate surface area is 166 Å². The SMILES string of the molecule is CCC(Oc1cccc(OC)c1)C(=O)Nc1c(C)cnn1C1CCN(C)CC1. The van der Waals surface area contributed by atoms with Crippen LogP contribution in [0.1, 0.15) is 37.8 Å². The van der Waals surface area contributed by atoms with Crippen molar-refractivity contribution in [3.05, 3.63) is 36.0 Å². The standard InChI is InChI=1S/C21H30N4O3/c1-5-19(28-18-8-6-7-17(13-18)27-4)21(26)23-20-15(2)14-22-25(20)16-9-11-24(3)12-10-16/h6-8,13-14,16,19H,5,9-12H2,1-4H3,(H,23,26). The number of anilines is 1. The lowest BCUT2D eigenvalue weighted by molar-refractivity contribution is -0.122. The lowest BCUT2D eigenvalue weighted by Gasteiger charge is -2.30. The van der Waals surface area contributed by atoms with Crippen molar-refractivity contribution < 1.29 is 14.3 Å². The van der Waals surface area contributed by atoms with Gasteiger partial charge in [0.25, 0.3) is 5.91 Å². The highest BCUT2D eigenvalue weighted by molar-refractivity contribution is 5.94. The zero-order valence-electron chi connectivity index (χ0n) is 17.1. The van der Waals surface area contributed by atoms with E-state index in [9.17, 15) is 4.79 Å². The van der Waals surface area contributed by atoms with Crippen molar-refractivity contribution >= 4 is 11.7 Å². The van der Waals surface area contributed by atoms with E-state index in [1.54, 1.807) is 13.2 Å². The molecule has 1 N–H and O–H groups in total. The molecule has 1 aromatic heterocycles. The molecule has 1 atom stereocenters. The Bertz CT molecular complexity index is 797. The van der Waals surface area contributed by atoms with Crippen LogP contribution in [0.3, 0.4) is 0 Å². The van der Waals surface area contributed by atoms with Gasteiger partial charge >= 0.3 is 0 Å². The number of aromatic nitrogens is 2. The fourth-order valence-electron chi connectivity index (χ4n) is 3.48. The van der Waals surface area contributed by atoms with Gasteiger partial charge in [0.15, 0.2) is 6.10 Å². The molecule has 1 aliphatic heterocycles. The molecule has 2 heterocycles. The fraction of sp³-hybridized carbons (Fsp3) is 0.524. The number of nitrogens with one attached hydrogen (secondary N) is 1. The Kier molecular flexibility index (Phi) is 6.57. The molecule has 1 unspecified atom stereocenters. The zero-order chi connectivity index (χ0) is 20.1. The van der Waals surface area contributed by atoms with Crippen molar-refractivity contribution in [3.8, 4) is 11.5 Å². The molecular formula is C21H30N4O3. The Balaban J connectivity index is 1.71. The van der Waals surface area contributed by atoms with Gasteiger partial charge in [-0.05, 0) is 58.5 Å². The van der Waals surface area contributed by atoms with Crippen molar-refractivity contribution in [2.24, 2.45) is 0 Å². The van der Waals surface area contributed by atoms with Crippen LogP contribution < -0.4 is 14.8 Å². The average molecular weight is 386 g/mol. The van der Waals surface area contributed by atoms with Gasteiger partial charge < -0.3 is 19.7 Å². The Hall–Kier alpha value is -2.54. The van der Waals surface area contributed by atoms with Crippen LogP contribution in [0.5, 0.6) is 11.5 Å². The van der Waals surface area contributed by atoms with E-state index in [1.165, 1.54) is 0 Å². The van der Waals surface area contributed by atoms with Gasteiger partial charge in [0.05, 0.1) is 19.3 Å². The molecule has 0 bridgehead atoms. The third-order valence-corrected chi connectivity index (χ3v) is 5.24. The van der Waals surface area contributed by atoms with E-state index in [-0.39, 0.29) is 5.91 Å². The number of piperidine rings is 1. The molecule has 1 aromatic carbocycles. The molecule has 1 fully saturated rings. The summed E-state index contributed by atoms with van der Waals surface area (Å²) in [6.45, 7) is 5.98. The van der Waals surface area contributed by atoms with Crippen LogP contribution in [0, 0.1) is 6.92 Å². The molecule has 2 aromatic rings. The van der Waals surface area contributed by atoms with Crippen LogP contribution in [0.4, 0.5) is 5.82 Å². The third kappa shape index (κ3) is 4.65. The number of rotatable bonds is 7. The molecule has 7 heteroatoms. The summed E-state index contributed by atoms with van der Waals surface area (Å²) in [4.78, 5) is 15.2. The van der Waals surface area contributed by atoms with Gasteiger partial charge in [-0.3, -0.25) is 4.79 Å². The van der Waals surface area contributed by atoms with Gasteiger partial charge in [-0.25, -0.2) is 4.68 Å². The lowest BCUT2D eigenvalue weighted by atomic mass is 10.1. The number of hydrogen-bond acceptors (Lipinski definition) is 5. The number of ether oxygens (including phenoxy) is 2.